The van der Waals surface area contributed by atoms with Gasteiger partial charge >= 0.3 is 5.97 Å². The lowest BCUT2D eigenvalue weighted by molar-refractivity contribution is 0.0690. The number of hydrogen-bond donors (Lipinski definition) is 3. The number of hydrogen-bond acceptors (Lipinski definition) is 3. The monoisotopic (exact) mass is 205 g/mol. The fourth-order valence-electron chi connectivity index (χ4n) is 1.18. The van der Waals surface area contributed by atoms with Crippen molar-refractivity contribution in [2.24, 2.45) is 0 Å². The molecule has 0 spiro atoms. The molecule has 0 radical (unpaired) electrons. The molecular formula is C9H7N3O3. The van der Waals surface area contributed by atoms with Crippen LogP contribution in [-0.4, -0.2) is 26.0 Å². The third-order valence-electron chi connectivity index (χ3n) is 1.83. The van der Waals surface area contributed by atoms with Gasteiger partial charge < -0.3 is 15.1 Å². The summed E-state index contributed by atoms with van der Waals surface area (Å²) < 4.78 is 0. The van der Waals surface area contributed by atoms with Crippen LogP contribution >= 0.6 is 0 Å². The van der Waals surface area contributed by atoms with Crippen LogP contribution in [0.15, 0.2) is 29.3 Å². The van der Waals surface area contributed by atoms with Gasteiger partial charge in [0.2, 0.25) is 0 Å². The summed E-state index contributed by atoms with van der Waals surface area (Å²) >= 11 is 0. The Hall–Kier alpha value is -2.37. The topological polar surface area (TPSA) is 98.8 Å². The fourth-order valence-corrected chi connectivity index (χ4v) is 1.18. The van der Waals surface area contributed by atoms with Crippen LogP contribution in [0.5, 0.6) is 0 Å². The minimum absolute atomic E-state index is 0.237. The smallest absolute Gasteiger partial charge is 0.354 e. The van der Waals surface area contributed by atoms with Crippen molar-refractivity contribution in [2.45, 2.75) is 0 Å². The normalized spacial score (nSPS) is 10.1. The summed E-state index contributed by atoms with van der Waals surface area (Å²) in [7, 11) is 0. The first kappa shape index (κ1) is 9.20. The second kappa shape index (κ2) is 3.41. The maximum atomic E-state index is 11.1. The molecule has 0 atom stereocenters. The molecule has 0 aliphatic rings. The van der Waals surface area contributed by atoms with Gasteiger partial charge in [0.25, 0.3) is 5.56 Å². The summed E-state index contributed by atoms with van der Waals surface area (Å²) in [6, 6.07) is 2.63. The van der Waals surface area contributed by atoms with Gasteiger partial charge in [-0.1, -0.05) is 0 Å². The molecule has 2 heterocycles. The van der Waals surface area contributed by atoms with Gasteiger partial charge in [0, 0.05) is 24.0 Å². The predicted molar refractivity (Wildman–Crippen MR) is 51.6 cm³/mol. The zero-order chi connectivity index (χ0) is 10.8. The number of carboxylic acids is 1. The number of nitrogens with zero attached hydrogens (tertiary/aromatic N) is 1. The minimum atomic E-state index is -1.22. The third-order valence-corrected chi connectivity index (χ3v) is 1.83. The zero-order valence-electron chi connectivity index (χ0n) is 7.52. The van der Waals surface area contributed by atoms with E-state index in [1.165, 1.54) is 0 Å². The summed E-state index contributed by atoms with van der Waals surface area (Å²) in [5, 5.41) is 8.71. The number of nitrogens with one attached hydrogen (secondary N) is 2. The third kappa shape index (κ3) is 1.78. The summed E-state index contributed by atoms with van der Waals surface area (Å²) in [5.74, 6) is -0.987. The van der Waals surface area contributed by atoms with E-state index in [9.17, 15) is 9.59 Å². The standard InChI is InChI=1S/C9H7N3O3/c13-7-3-6(9(14)15)11-8(12-7)5-1-2-10-4-5/h1-4,10H,(H,14,15)(H,11,12,13). The first-order chi connectivity index (χ1) is 7.16. The van der Waals surface area contributed by atoms with Crippen LogP contribution in [0.4, 0.5) is 0 Å². The van der Waals surface area contributed by atoms with E-state index >= 15 is 0 Å². The van der Waals surface area contributed by atoms with Crippen LogP contribution in [0.2, 0.25) is 0 Å². The number of aromatic amines is 2. The molecule has 0 unspecified atom stereocenters. The van der Waals surface area contributed by atoms with Crippen LogP contribution in [-0.2, 0) is 0 Å². The molecule has 6 heteroatoms. The van der Waals surface area contributed by atoms with Gasteiger partial charge in [0.05, 0.1) is 0 Å². The molecule has 2 aromatic rings. The Kier molecular flexibility index (Phi) is 2.09. The van der Waals surface area contributed by atoms with Crippen molar-refractivity contribution in [1.29, 1.82) is 0 Å². The molecule has 0 amide bonds. The molecule has 3 N–H and O–H groups in total. The molecule has 0 aromatic carbocycles. The summed E-state index contributed by atoms with van der Waals surface area (Å²) in [4.78, 5) is 30.8. The molecule has 15 heavy (non-hydrogen) atoms. The van der Waals surface area contributed by atoms with Gasteiger partial charge in [-0.25, -0.2) is 9.78 Å². The van der Waals surface area contributed by atoms with Gasteiger partial charge in [-0.05, 0) is 6.07 Å². The highest BCUT2D eigenvalue weighted by Crippen LogP contribution is 2.11. The molecular weight excluding hydrogens is 198 g/mol. The van der Waals surface area contributed by atoms with Crippen LogP contribution in [0.25, 0.3) is 11.4 Å². The van der Waals surface area contributed by atoms with Gasteiger partial charge in [-0.15, -0.1) is 0 Å². The molecule has 0 saturated carbocycles. The molecule has 0 aliphatic carbocycles. The van der Waals surface area contributed by atoms with Crippen LogP contribution in [0.3, 0.4) is 0 Å². The Morgan fingerprint density at radius 1 is 1.47 bits per heavy atom. The number of carbonyl (C=O) groups is 1. The number of aromatic carboxylic acids is 1. The lowest BCUT2D eigenvalue weighted by Crippen LogP contribution is -2.13. The van der Waals surface area contributed by atoms with Crippen LogP contribution < -0.4 is 5.56 Å². The van der Waals surface area contributed by atoms with Crippen molar-refractivity contribution in [3.05, 3.63) is 40.6 Å². The number of carboxylic acid groups (broad SMARTS) is 1. The molecule has 6 nitrogen and oxygen atoms in total. The quantitative estimate of drug-likeness (QED) is 0.663. The zero-order valence-corrected chi connectivity index (χ0v) is 7.52. The maximum Gasteiger partial charge on any atom is 0.354 e. The first-order valence-corrected chi connectivity index (χ1v) is 4.14. The molecule has 76 valence electrons. The van der Waals surface area contributed by atoms with Crippen molar-refractivity contribution < 1.29 is 9.90 Å². The number of aromatic nitrogens is 3. The predicted octanol–water partition coefficient (Wildman–Crippen LogP) is 0.463. The fraction of sp³-hybridized carbons (Fsp3) is 0. The van der Waals surface area contributed by atoms with Gasteiger partial charge in [-0.2, -0.15) is 0 Å². The van der Waals surface area contributed by atoms with E-state index in [0.29, 0.717) is 5.56 Å². The minimum Gasteiger partial charge on any atom is -0.477 e. The Balaban J connectivity index is 2.59. The highest BCUT2D eigenvalue weighted by molar-refractivity contribution is 5.85. The van der Waals surface area contributed by atoms with Crippen molar-refractivity contribution in [3.8, 4) is 11.4 Å². The SMILES string of the molecule is O=C(O)c1cc(=O)[nH]c(-c2cc[nH]c2)n1. The summed E-state index contributed by atoms with van der Waals surface area (Å²) in [6.45, 7) is 0. The lowest BCUT2D eigenvalue weighted by atomic mass is 10.3. The average molecular weight is 205 g/mol. The molecule has 0 saturated heterocycles. The van der Waals surface area contributed by atoms with Crippen LogP contribution in [0.1, 0.15) is 10.5 Å². The van der Waals surface area contributed by atoms with Crippen molar-refractivity contribution >= 4 is 5.97 Å². The molecule has 2 aromatic heterocycles. The van der Waals surface area contributed by atoms with E-state index in [4.69, 9.17) is 5.11 Å². The number of H-pyrrole nitrogens is 2. The molecule has 0 aliphatic heterocycles. The van der Waals surface area contributed by atoms with E-state index in [-0.39, 0.29) is 11.5 Å². The van der Waals surface area contributed by atoms with E-state index in [1.54, 1.807) is 18.5 Å². The van der Waals surface area contributed by atoms with Crippen LogP contribution in [0, 0.1) is 0 Å². The highest BCUT2D eigenvalue weighted by atomic mass is 16.4. The lowest BCUT2D eigenvalue weighted by Gasteiger charge is -1.98. The molecule has 0 bridgehead atoms. The molecule has 0 fully saturated rings. The van der Waals surface area contributed by atoms with E-state index in [1.807, 2.05) is 0 Å². The van der Waals surface area contributed by atoms with Crippen molar-refractivity contribution in [2.75, 3.05) is 0 Å². The maximum absolute atomic E-state index is 11.1. The Labute approximate surface area is 83.6 Å². The second-order valence-corrected chi connectivity index (χ2v) is 2.88. The number of rotatable bonds is 2. The Morgan fingerprint density at radius 3 is 2.87 bits per heavy atom. The highest BCUT2D eigenvalue weighted by Gasteiger charge is 2.09. The van der Waals surface area contributed by atoms with Crippen molar-refractivity contribution in [3.63, 3.8) is 0 Å². The Morgan fingerprint density at radius 2 is 2.27 bits per heavy atom. The largest absolute Gasteiger partial charge is 0.477 e. The van der Waals surface area contributed by atoms with E-state index in [0.717, 1.165) is 6.07 Å². The van der Waals surface area contributed by atoms with E-state index in [2.05, 4.69) is 15.0 Å². The Bertz CT molecular complexity index is 542. The van der Waals surface area contributed by atoms with Gasteiger partial charge in [0.15, 0.2) is 5.69 Å². The average Bonchev–Trinajstić information content (AvgIpc) is 2.69. The first-order valence-electron chi connectivity index (χ1n) is 4.14. The van der Waals surface area contributed by atoms with E-state index < -0.39 is 11.5 Å². The van der Waals surface area contributed by atoms with Gasteiger partial charge in [0.1, 0.15) is 5.82 Å². The summed E-state index contributed by atoms with van der Waals surface area (Å²) in [6.07, 6.45) is 3.27. The molecule has 2 rings (SSSR count). The summed E-state index contributed by atoms with van der Waals surface area (Å²) in [5.41, 5.74) is -0.122. The van der Waals surface area contributed by atoms with Crippen molar-refractivity contribution in [1.82, 2.24) is 15.0 Å². The second-order valence-electron chi connectivity index (χ2n) is 2.88. The van der Waals surface area contributed by atoms with Gasteiger partial charge in [-0.3, -0.25) is 4.79 Å².